The van der Waals surface area contributed by atoms with E-state index in [1.54, 1.807) is 18.2 Å². The zero-order valence-electron chi connectivity index (χ0n) is 10.1. The molecule has 96 valence electrons. The van der Waals surface area contributed by atoms with E-state index in [-0.39, 0.29) is 18.2 Å². The first-order valence-corrected chi connectivity index (χ1v) is 5.95. The molecule has 4 heteroatoms. The van der Waals surface area contributed by atoms with Crippen molar-refractivity contribution in [2.75, 3.05) is 0 Å². The van der Waals surface area contributed by atoms with Crippen molar-refractivity contribution < 1.29 is 8.78 Å². The molecular formula is C15H12F2N2. The largest absolute Gasteiger partial charge is 0.354 e. The van der Waals surface area contributed by atoms with Crippen LogP contribution in [0.5, 0.6) is 0 Å². The lowest BCUT2D eigenvalue weighted by Gasteiger charge is -2.02. The summed E-state index contributed by atoms with van der Waals surface area (Å²) in [4.78, 5) is 3.21. The summed E-state index contributed by atoms with van der Waals surface area (Å²) in [5.74, 6) is -0.591. The smallest absolute Gasteiger partial charge is 0.123 e. The highest BCUT2D eigenvalue weighted by molar-refractivity contribution is 5.90. The minimum Gasteiger partial charge on any atom is -0.354 e. The number of benzene rings is 2. The fourth-order valence-corrected chi connectivity index (χ4v) is 2.29. The van der Waals surface area contributed by atoms with Gasteiger partial charge < -0.3 is 10.7 Å². The van der Waals surface area contributed by atoms with Gasteiger partial charge in [-0.3, -0.25) is 0 Å². The van der Waals surface area contributed by atoms with Crippen molar-refractivity contribution in [3.63, 3.8) is 0 Å². The molecule has 1 aromatic heterocycles. The van der Waals surface area contributed by atoms with Gasteiger partial charge >= 0.3 is 0 Å². The summed E-state index contributed by atoms with van der Waals surface area (Å²) >= 11 is 0. The minimum absolute atomic E-state index is 0.288. The molecule has 0 saturated carbocycles. The summed E-state index contributed by atoms with van der Waals surface area (Å²) in [5, 5.41) is 0.766. The van der Waals surface area contributed by atoms with Gasteiger partial charge in [0.05, 0.1) is 5.69 Å². The highest BCUT2D eigenvalue weighted by Crippen LogP contribution is 2.30. The molecule has 19 heavy (non-hydrogen) atoms. The number of aromatic nitrogens is 1. The molecule has 3 aromatic rings. The van der Waals surface area contributed by atoms with Crippen LogP contribution in [-0.2, 0) is 6.54 Å². The van der Waals surface area contributed by atoms with Gasteiger partial charge in [0.2, 0.25) is 0 Å². The van der Waals surface area contributed by atoms with Gasteiger partial charge in [0, 0.05) is 17.4 Å². The summed E-state index contributed by atoms with van der Waals surface area (Å²) < 4.78 is 26.3. The number of H-pyrrole nitrogens is 1. The van der Waals surface area contributed by atoms with E-state index in [4.69, 9.17) is 5.73 Å². The van der Waals surface area contributed by atoms with E-state index in [1.165, 1.54) is 24.3 Å². The Hall–Kier alpha value is -2.20. The van der Waals surface area contributed by atoms with Gasteiger partial charge in [-0.05, 0) is 53.6 Å². The van der Waals surface area contributed by atoms with Gasteiger partial charge in [-0.1, -0.05) is 0 Å². The first kappa shape index (κ1) is 11.9. The van der Waals surface area contributed by atoms with Crippen LogP contribution in [0.15, 0.2) is 42.5 Å². The first-order chi connectivity index (χ1) is 9.19. The predicted molar refractivity (Wildman–Crippen MR) is 71.5 cm³/mol. The Labute approximate surface area is 108 Å². The standard InChI is InChI=1S/C15H12F2N2/c16-10-3-1-9(2-4-10)15-13(8-18)12-7-11(17)5-6-14(12)19-15/h1-7,19H,8,18H2. The maximum atomic E-state index is 13.3. The van der Waals surface area contributed by atoms with Gasteiger partial charge in [0.1, 0.15) is 11.6 Å². The maximum absolute atomic E-state index is 13.3. The Morgan fingerprint density at radius 3 is 2.32 bits per heavy atom. The number of fused-ring (bicyclic) bond motifs is 1. The number of nitrogens with two attached hydrogens (primary N) is 1. The SMILES string of the molecule is NCc1c(-c2ccc(F)cc2)[nH]c2ccc(F)cc12. The van der Waals surface area contributed by atoms with Gasteiger partial charge in [0.15, 0.2) is 0 Å². The molecule has 0 fully saturated rings. The quantitative estimate of drug-likeness (QED) is 0.725. The van der Waals surface area contributed by atoms with E-state index in [9.17, 15) is 8.78 Å². The fraction of sp³-hybridized carbons (Fsp3) is 0.0667. The minimum atomic E-state index is -0.299. The molecule has 0 aliphatic rings. The van der Waals surface area contributed by atoms with Crippen molar-refractivity contribution in [1.82, 2.24) is 4.98 Å². The van der Waals surface area contributed by atoms with Crippen LogP contribution in [0.2, 0.25) is 0 Å². The lowest BCUT2D eigenvalue weighted by Crippen LogP contribution is -1.97. The third-order valence-electron chi connectivity index (χ3n) is 3.21. The average molecular weight is 258 g/mol. The average Bonchev–Trinajstić information content (AvgIpc) is 2.77. The number of hydrogen-bond acceptors (Lipinski definition) is 1. The van der Waals surface area contributed by atoms with Crippen LogP contribution in [0.1, 0.15) is 5.56 Å². The van der Waals surface area contributed by atoms with E-state index in [1.807, 2.05) is 0 Å². The Kier molecular flexibility index (Phi) is 2.80. The Morgan fingerprint density at radius 1 is 0.947 bits per heavy atom. The maximum Gasteiger partial charge on any atom is 0.123 e. The highest BCUT2D eigenvalue weighted by atomic mass is 19.1. The van der Waals surface area contributed by atoms with Crippen LogP contribution in [0.3, 0.4) is 0 Å². The zero-order chi connectivity index (χ0) is 13.4. The second-order valence-electron chi connectivity index (χ2n) is 4.38. The summed E-state index contributed by atoms with van der Waals surface area (Å²) in [6, 6.07) is 10.7. The normalized spacial score (nSPS) is 11.1. The molecule has 3 rings (SSSR count). The summed E-state index contributed by atoms with van der Waals surface area (Å²) in [6.07, 6.45) is 0. The molecule has 0 aliphatic carbocycles. The van der Waals surface area contributed by atoms with Crippen LogP contribution in [0.25, 0.3) is 22.2 Å². The number of hydrogen-bond donors (Lipinski definition) is 2. The van der Waals surface area contributed by atoms with Crippen LogP contribution >= 0.6 is 0 Å². The molecule has 0 amide bonds. The van der Waals surface area contributed by atoms with Crippen molar-refractivity contribution in [1.29, 1.82) is 0 Å². The molecule has 3 N–H and O–H groups in total. The number of aromatic amines is 1. The number of nitrogens with one attached hydrogen (secondary N) is 1. The molecule has 0 spiro atoms. The Morgan fingerprint density at radius 2 is 1.63 bits per heavy atom. The second-order valence-corrected chi connectivity index (χ2v) is 4.38. The fourth-order valence-electron chi connectivity index (χ4n) is 2.29. The van der Waals surface area contributed by atoms with Gasteiger partial charge in [-0.25, -0.2) is 8.78 Å². The highest BCUT2D eigenvalue weighted by Gasteiger charge is 2.12. The van der Waals surface area contributed by atoms with Crippen LogP contribution in [0, 0.1) is 11.6 Å². The van der Waals surface area contributed by atoms with Crippen LogP contribution in [0.4, 0.5) is 8.78 Å². The van der Waals surface area contributed by atoms with E-state index in [0.29, 0.717) is 0 Å². The molecule has 0 radical (unpaired) electrons. The van der Waals surface area contributed by atoms with Crippen molar-refractivity contribution in [3.8, 4) is 11.3 Å². The van der Waals surface area contributed by atoms with E-state index < -0.39 is 0 Å². The molecular weight excluding hydrogens is 246 g/mol. The van der Waals surface area contributed by atoms with Crippen molar-refractivity contribution in [2.45, 2.75) is 6.54 Å². The molecule has 0 unspecified atom stereocenters. The van der Waals surface area contributed by atoms with Gasteiger partial charge in [-0.15, -0.1) is 0 Å². The molecule has 0 atom stereocenters. The third kappa shape index (κ3) is 2.00. The third-order valence-corrected chi connectivity index (χ3v) is 3.21. The lowest BCUT2D eigenvalue weighted by atomic mass is 10.1. The molecule has 2 aromatic carbocycles. The van der Waals surface area contributed by atoms with Gasteiger partial charge in [0.25, 0.3) is 0 Å². The summed E-state index contributed by atoms with van der Waals surface area (Å²) in [6.45, 7) is 0.288. The van der Waals surface area contributed by atoms with E-state index in [0.717, 1.165) is 27.7 Å². The van der Waals surface area contributed by atoms with Crippen molar-refractivity contribution >= 4 is 10.9 Å². The topological polar surface area (TPSA) is 41.8 Å². The van der Waals surface area contributed by atoms with E-state index >= 15 is 0 Å². The Bertz CT molecular complexity index is 730. The summed E-state index contributed by atoms with van der Waals surface area (Å²) in [5.41, 5.74) is 9.06. The zero-order valence-corrected chi connectivity index (χ0v) is 10.1. The van der Waals surface area contributed by atoms with Crippen LogP contribution in [-0.4, -0.2) is 4.98 Å². The van der Waals surface area contributed by atoms with Gasteiger partial charge in [-0.2, -0.15) is 0 Å². The predicted octanol–water partition coefficient (Wildman–Crippen LogP) is 3.57. The monoisotopic (exact) mass is 258 g/mol. The molecule has 0 saturated heterocycles. The molecule has 1 heterocycles. The first-order valence-electron chi connectivity index (χ1n) is 5.95. The van der Waals surface area contributed by atoms with Crippen molar-refractivity contribution in [2.24, 2.45) is 5.73 Å². The summed E-state index contributed by atoms with van der Waals surface area (Å²) in [7, 11) is 0. The number of rotatable bonds is 2. The second kappa shape index (κ2) is 4.48. The Balaban J connectivity index is 2.25. The molecule has 0 aliphatic heterocycles. The van der Waals surface area contributed by atoms with E-state index in [2.05, 4.69) is 4.98 Å². The number of halogens is 2. The molecule has 2 nitrogen and oxygen atoms in total. The lowest BCUT2D eigenvalue weighted by molar-refractivity contribution is 0.628. The molecule has 0 bridgehead atoms. The van der Waals surface area contributed by atoms with Crippen LogP contribution < -0.4 is 5.73 Å². The van der Waals surface area contributed by atoms with Crippen molar-refractivity contribution in [3.05, 3.63) is 59.7 Å².